The SMILES string of the molecule is CC1CC(c2cccc(-n3cc(C4CC4)c4nc(CO)[nH]c4c3=O)c2)(c2nncn2C)C1. The average molecular weight is 431 g/mol. The number of aromatic amines is 1. The highest BCUT2D eigenvalue weighted by atomic mass is 16.3. The van der Waals surface area contributed by atoms with E-state index in [0.717, 1.165) is 48.3 Å². The molecule has 6 rings (SSSR count). The molecule has 0 atom stereocenters. The van der Waals surface area contributed by atoms with E-state index in [1.54, 1.807) is 10.9 Å². The molecule has 32 heavy (non-hydrogen) atoms. The Hall–Kier alpha value is -3.26. The van der Waals surface area contributed by atoms with Crippen LogP contribution in [0.25, 0.3) is 16.7 Å². The normalized spacial score (nSPS) is 22.9. The number of aliphatic hydroxyl groups excluding tert-OH is 1. The van der Waals surface area contributed by atoms with Crippen molar-refractivity contribution < 1.29 is 5.11 Å². The second-order valence-corrected chi connectivity index (χ2v) is 9.51. The first-order valence-electron chi connectivity index (χ1n) is 11.2. The average Bonchev–Trinajstić information content (AvgIpc) is 3.37. The van der Waals surface area contributed by atoms with E-state index in [1.807, 2.05) is 29.9 Å². The smallest absolute Gasteiger partial charge is 0.281 e. The van der Waals surface area contributed by atoms with E-state index in [9.17, 15) is 9.90 Å². The fraction of sp³-hybridized carbons (Fsp3) is 0.417. The van der Waals surface area contributed by atoms with Crippen LogP contribution in [0.5, 0.6) is 0 Å². The molecule has 0 radical (unpaired) electrons. The zero-order valence-corrected chi connectivity index (χ0v) is 18.2. The summed E-state index contributed by atoms with van der Waals surface area (Å²) in [6.07, 6.45) is 7.90. The number of aromatic nitrogens is 6. The summed E-state index contributed by atoms with van der Waals surface area (Å²) in [5, 5.41) is 18.1. The van der Waals surface area contributed by atoms with Crippen LogP contribution in [0.3, 0.4) is 0 Å². The number of nitrogens with one attached hydrogen (secondary N) is 1. The molecule has 0 spiro atoms. The van der Waals surface area contributed by atoms with Gasteiger partial charge in [0.15, 0.2) is 0 Å². The maximum absolute atomic E-state index is 13.4. The fourth-order valence-electron chi connectivity index (χ4n) is 5.47. The van der Waals surface area contributed by atoms with Crippen LogP contribution >= 0.6 is 0 Å². The number of fused-ring (bicyclic) bond motifs is 1. The lowest BCUT2D eigenvalue weighted by atomic mass is 9.58. The number of benzene rings is 1. The first kappa shape index (κ1) is 19.4. The van der Waals surface area contributed by atoms with Gasteiger partial charge in [0, 0.05) is 24.5 Å². The Kier molecular flexibility index (Phi) is 4.17. The van der Waals surface area contributed by atoms with Crippen LogP contribution in [0.1, 0.15) is 61.3 Å². The van der Waals surface area contributed by atoms with Crippen molar-refractivity contribution in [1.82, 2.24) is 29.3 Å². The molecule has 164 valence electrons. The van der Waals surface area contributed by atoms with Gasteiger partial charge in [0.25, 0.3) is 5.56 Å². The van der Waals surface area contributed by atoms with Gasteiger partial charge < -0.3 is 14.7 Å². The highest BCUT2D eigenvalue weighted by Crippen LogP contribution is 2.51. The third kappa shape index (κ3) is 2.79. The van der Waals surface area contributed by atoms with Crippen LogP contribution in [0.4, 0.5) is 0 Å². The lowest BCUT2D eigenvalue weighted by molar-refractivity contribution is 0.185. The van der Waals surface area contributed by atoms with Crippen molar-refractivity contribution in [2.75, 3.05) is 0 Å². The number of H-pyrrole nitrogens is 1. The molecule has 4 aromatic rings. The summed E-state index contributed by atoms with van der Waals surface area (Å²) in [5.41, 5.74) is 3.87. The van der Waals surface area contributed by atoms with Crippen LogP contribution < -0.4 is 5.56 Å². The van der Waals surface area contributed by atoms with Crippen LogP contribution in [-0.2, 0) is 19.1 Å². The minimum absolute atomic E-state index is 0.150. The molecule has 2 saturated carbocycles. The third-order valence-electron chi connectivity index (χ3n) is 7.10. The zero-order valence-electron chi connectivity index (χ0n) is 18.2. The molecular weight excluding hydrogens is 404 g/mol. The van der Waals surface area contributed by atoms with E-state index in [0.29, 0.717) is 28.7 Å². The number of aryl methyl sites for hydroxylation is 1. The third-order valence-corrected chi connectivity index (χ3v) is 7.10. The molecule has 2 fully saturated rings. The largest absolute Gasteiger partial charge is 0.388 e. The van der Waals surface area contributed by atoms with Crippen LogP contribution in [0.2, 0.25) is 0 Å². The summed E-state index contributed by atoms with van der Waals surface area (Å²) < 4.78 is 3.73. The number of aliphatic hydroxyl groups is 1. The molecule has 1 aromatic carbocycles. The highest BCUT2D eigenvalue weighted by molar-refractivity contribution is 5.79. The number of hydrogen-bond donors (Lipinski definition) is 2. The van der Waals surface area contributed by atoms with Crippen molar-refractivity contribution in [3.8, 4) is 5.69 Å². The van der Waals surface area contributed by atoms with E-state index in [2.05, 4.69) is 39.2 Å². The summed E-state index contributed by atoms with van der Waals surface area (Å²) in [4.78, 5) is 20.9. The van der Waals surface area contributed by atoms with Crippen molar-refractivity contribution in [2.24, 2.45) is 13.0 Å². The highest BCUT2D eigenvalue weighted by Gasteiger charge is 2.48. The summed E-state index contributed by atoms with van der Waals surface area (Å²) >= 11 is 0. The van der Waals surface area contributed by atoms with Gasteiger partial charge in [-0.25, -0.2) is 4.98 Å². The van der Waals surface area contributed by atoms with Crippen LogP contribution in [0.15, 0.2) is 41.6 Å². The minimum atomic E-state index is -0.216. The Balaban J connectivity index is 1.52. The topological polar surface area (TPSA) is 102 Å². The van der Waals surface area contributed by atoms with Crippen molar-refractivity contribution in [3.05, 3.63) is 69.9 Å². The van der Waals surface area contributed by atoms with Crippen molar-refractivity contribution in [3.63, 3.8) is 0 Å². The lowest BCUT2D eigenvalue weighted by Gasteiger charge is -2.46. The number of rotatable bonds is 5. The lowest BCUT2D eigenvalue weighted by Crippen LogP contribution is -2.43. The van der Waals surface area contributed by atoms with Gasteiger partial charge in [-0.05, 0) is 55.2 Å². The summed E-state index contributed by atoms with van der Waals surface area (Å²) in [7, 11) is 1.99. The van der Waals surface area contributed by atoms with Crippen molar-refractivity contribution >= 4 is 11.0 Å². The Bertz CT molecular complexity index is 1390. The molecule has 0 bridgehead atoms. The van der Waals surface area contributed by atoms with Gasteiger partial charge in [-0.1, -0.05) is 19.1 Å². The minimum Gasteiger partial charge on any atom is -0.388 e. The Morgan fingerprint density at radius 3 is 2.75 bits per heavy atom. The molecule has 3 heterocycles. The Morgan fingerprint density at radius 1 is 1.28 bits per heavy atom. The molecule has 8 heteroatoms. The first-order chi connectivity index (χ1) is 15.5. The van der Waals surface area contributed by atoms with Gasteiger partial charge in [-0.15, -0.1) is 10.2 Å². The predicted molar refractivity (Wildman–Crippen MR) is 120 cm³/mol. The molecular formula is C24H26N6O2. The van der Waals surface area contributed by atoms with Gasteiger partial charge in [0.2, 0.25) is 0 Å². The van der Waals surface area contributed by atoms with E-state index in [4.69, 9.17) is 0 Å². The predicted octanol–water partition coefficient (Wildman–Crippen LogP) is 2.93. The molecule has 8 nitrogen and oxygen atoms in total. The molecule has 0 aliphatic heterocycles. The van der Waals surface area contributed by atoms with E-state index in [1.165, 1.54) is 0 Å². The van der Waals surface area contributed by atoms with E-state index < -0.39 is 0 Å². The van der Waals surface area contributed by atoms with E-state index >= 15 is 0 Å². The van der Waals surface area contributed by atoms with Crippen LogP contribution in [0, 0.1) is 5.92 Å². The van der Waals surface area contributed by atoms with Gasteiger partial charge in [-0.2, -0.15) is 0 Å². The number of nitrogens with zero attached hydrogens (tertiary/aromatic N) is 5. The van der Waals surface area contributed by atoms with Crippen LogP contribution in [-0.4, -0.2) is 34.4 Å². The van der Waals surface area contributed by atoms with E-state index in [-0.39, 0.29) is 17.6 Å². The second-order valence-electron chi connectivity index (χ2n) is 9.51. The standard InChI is InChI=1S/C24H26N6O2/c1-14-9-24(10-14,23-28-25-13-29(23)2)16-4-3-5-17(8-16)30-11-18(15-6-7-15)20-21(22(30)32)27-19(12-31)26-20/h3-5,8,11,13-15,31H,6-7,9-10,12H2,1-2H3,(H,26,27). The molecule has 0 saturated heterocycles. The monoisotopic (exact) mass is 430 g/mol. The molecule has 2 N–H and O–H groups in total. The fourth-order valence-corrected chi connectivity index (χ4v) is 5.47. The first-order valence-corrected chi connectivity index (χ1v) is 11.2. The summed E-state index contributed by atoms with van der Waals surface area (Å²) in [5.74, 6) is 2.42. The summed E-state index contributed by atoms with van der Waals surface area (Å²) in [6, 6.07) is 8.25. The Labute approximate surface area is 185 Å². The van der Waals surface area contributed by atoms with Crippen molar-refractivity contribution in [2.45, 2.75) is 50.5 Å². The molecule has 0 unspecified atom stereocenters. The number of imidazole rings is 1. The number of pyridine rings is 1. The second kappa shape index (κ2) is 6.87. The maximum Gasteiger partial charge on any atom is 0.281 e. The van der Waals surface area contributed by atoms with Gasteiger partial charge in [-0.3, -0.25) is 9.36 Å². The van der Waals surface area contributed by atoms with Gasteiger partial charge in [0.05, 0.1) is 10.9 Å². The quantitative estimate of drug-likeness (QED) is 0.507. The molecule has 0 amide bonds. The molecule has 2 aliphatic rings. The molecule has 3 aromatic heterocycles. The Morgan fingerprint density at radius 2 is 2.09 bits per heavy atom. The summed E-state index contributed by atoms with van der Waals surface area (Å²) in [6.45, 7) is 2.04. The zero-order chi connectivity index (χ0) is 22.0. The molecule has 2 aliphatic carbocycles. The van der Waals surface area contributed by atoms with Gasteiger partial charge >= 0.3 is 0 Å². The van der Waals surface area contributed by atoms with Gasteiger partial charge in [0.1, 0.15) is 30.1 Å². The van der Waals surface area contributed by atoms with Crippen molar-refractivity contribution in [1.29, 1.82) is 0 Å². The number of hydrogen-bond acceptors (Lipinski definition) is 5. The maximum atomic E-state index is 13.4.